The first-order chi connectivity index (χ1) is 17.1. The molecule has 0 amide bonds. The Morgan fingerprint density at radius 2 is 1.77 bits per heavy atom. The third kappa shape index (κ3) is 6.25. The number of benzene rings is 2. The van der Waals surface area contributed by atoms with E-state index >= 15 is 0 Å². The van der Waals surface area contributed by atoms with Crippen molar-refractivity contribution in [3.05, 3.63) is 77.7 Å². The number of aromatic nitrogens is 2. The molecular weight excluding hydrogens is 444 g/mol. The van der Waals surface area contributed by atoms with E-state index in [1.54, 1.807) is 6.92 Å². The zero-order chi connectivity index (χ0) is 24.6. The SMILES string of the molecule is CCOC(=O)[C@H](Cc1ccc(OCCc2nc(-c3ccc4ccccc4n3)oc2C)cc1)OCC. The minimum absolute atomic E-state index is 0.334. The van der Waals surface area contributed by atoms with Crippen molar-refractivity contribution in [3.8, 4) is 17.3 Å². The topological polar surface area (TPSA) is 83.7 Å². The number of ether oxygens (including phenoxy) is 3. The summed E-state index contributed by atoms with van der Waals surface area (Å²) in [6.07, 6.45) is 0.463. The lowest BCUT2D eigenvalue weighted by Gasteiger charge is -2.15. The number of aryl methyl sites for hydroxylation is 1. The number of carbonyl (C=O) groups excluding carboxylic acids is 1. The Morgan fingerprint density at radius 3 is 2.54 bits per heavy atom. The highest BCUT2D eigenvalue weighted by atomic mass is 16.6. The quantitative estimate of drug-likeness (QED) is 0.272. The highest BCUT2D eigenvalue weighted by molar-refractivity contribution is 5.80. The number of esters is 1. The van der Waals surface area contributed by atoms with Crippen molar-refractivity contribution in [1.82, 2.24) is 9.97 Å². The van der Waals surface area contributed by atoms with Crippen LogP contribution in [0.5, 0.6) is 5.75 Å². The van der Waals surface area contributed by atoms with Crippen molar-refractivity contribution in [2.45, 2.75) is 39.7 Å². The van der Waals surface area contributed by atoms with Crippen LogP contribution in [0.1, 0.15) is 30.9 Å². The molecule has 4 aromatic rings. The predicted molar refractivity (Wildman–Crippen MR) is 133 cm³/mol. The van der Waals surface area contributed by atoms with E-state index < -0.39 is 6.10 Å². The largest absolute Gasteiger partial charge is 0.493 e. The second-order valence-electron chi connectivity index (χ2n) is 8.05. The normalized spacial score (nSPS) is 12.0. The third-order valence-electron chi connectivity index (χ3n) is 5.58. The van der Waals surface area contributed by atoms with Gasteiger partial charge in [0.2, 0.25) is 5.89 Å². The molecule has 0 saturated carbocycles. The first kappa shape index (κ1) is 24.4. The van der Waals surface area contributed by atoms with Crippen LogP contribution < -0.4 is 4.74 Å². The fourth-order valence-electron chi connectivity index (χ4n) is 3.80. The monoisotopic (exact) mass is 474 g/mol. The van der Waals surface area contributed by atoms with Gasteiger partial charge in [-0.15, -0.1) is 0 Å². The summed E-state index contributed by atoms with van der Waals surface area (Å²) in [5, 5.41) is 1.08. The first-order valence-corrected chi connectivity index (χ1v) is 11.9. The van der Waals surface area contributed by atoms with Gasteiger partial charge in [0, 0.05) is 24.8 Å². The van der Waals surface area contributed by atoms with Crippen molar-refractivity contribution in [3.63, 3.8) is 0 Å². The van der Waals surface area contributed by atoms with Crippen LogP contribution in [0, 0.1) is 6.92 Å². The highest BCUT2D eigenvalue weighted by Crippen LogP contribution is 2.23. The van der Waals surface area contributed by atoms with E-state index in [0.717, 1.165) is 33.7 Å². The van der Waals surface area contributed by atoms with E-state index in [-0.39, 0.29) is 5.97 Å². The van der Waals surface area contributed by atoms with Crippen LogP contribution in [0.2, 0.25) is 0 Å². The summed E-state index contributed by atoms with van der Waals surface area (Å²) in [6.45, 7) is 6.79. The minimum Gasteiger partial charge on any atom is -0.493 e. The zero-order valence-electron chi connectivity index (χ0n) is 20.3. The molecular formula is C28H30N2O5. The van der Waals surface area contributed by atoms with Gasteiger partial charge < -0.3 is 18.6 Å². The molecule has 0 saturated heterocycles. The Morgan fingerprint density at radius 1 is 0.971 bits per heavy atom. The fourth-order valence-corrected chi connectivity index (χ4v) is 3.80. The second kappa shape index (κ2) is 11.6. The Balaban J connectivity index is 1.33. The number of carbonyl (C=O) groups is 1. The van der Waals surface area contributed by atoms with Crippen LogP contribution in [-0.4, -0.2) is 41.9 Å². The molecule has 182 valence electrons. The number of pyridine rings is 1. The van der Waals surface area contributed by atoms with Crippen molar-refractivity contribution in [1.29, 1.82) is 0 Å². The van der Waals surface area contributed by atoms with Gasteiger partial charge >= 0.3 is 5.97 Å². The summed E-state index contributed by atoms with van der Waals surface area (Å²) in [4.78, 5) is 21.4. The minimum atomic E-state index is -0.604. The molecule has 7 heteroatoms. The maximum Gasteiger partial charge on any atom is 0.335 e. The van der Waals surface area contributed by atoms with E-state index in [1.165, 1.54) is 0 Å². The summed E-state index contributed by atoms with van der Waals surface area (Å²) >= 11 is 0. The summed E-state index contributed by atoms with van der Waals surface area (Å²) in [5.74, 6) is 1.68. The molecule has 0 unspecified atom stereocenters. The van der Waals surface area contributed by atoms with Gasteiger partial charge in [0.15, 0.2) is 6.10 Å². The maximum atomic E-state index is 12.1. The molecule has 0 radical (unpaired) electrons. The van der Waals surface area contributed by atoms with Gasteiger partial charge in [0.1, 0.15) is 17.2 Å². The lowest BCUT2D eigenvalue weighted by atomic mass is 10.1. The van der Waals surface area contributed by atoms with Gasteiger partial charge in [-0.1, -0.05) is 36.4 Å². The molecule has 0 aliphatic rings. The average molecular weight is 475 g/mol. The summed E-state index contributed by atoms with van der Waals surface area (Å²) < 4.78 is 22.4. The Bertz CT molecular complexity index is 1270. The van der Waals surface area contributed by atoms with Crippen molar-refractivity contribution in [2.24, 2.45) is 0 Å². The standard InChI is InChI=1S/C28H30N2O5/c1-4-32-26(28(31)33-5-2)18-20-10-13-22(14-11-20)34-17-16-23-19(3)35-27(30-23)25-15-12-21-8-6-7-9-24(21)29-25/h6-15,26H,4-5,16-18H2,1-3H3/t26-/m0/s1. The molecule has 2 heterocycles. The lowest BCUT2D eigenvalue weighted by molar-refractivity contribution is -0.156. The molecule has 2 aromatic carbocycles. The van der Waals surface area contributed by atoms with Crippen molar-refractivity contribution < 1.29 is 23.4 Å². The number of nitrogens with zero attached hydrogens (tertiary/aromatic N) is 2. The zero-order valence-corrected chi connectivity index (χ0v) is 20.3. The van der Waals surface area contributed by atoms with Crippen molar-refractivity contribution in [2.75, 3.05) is 19.8 Å². The molecule has 2 aromatic heterocycles. The Labute approximate surface area is 205 Å². The number of fused-ring (bicyclic) bond motifs is 1. The number of para-hydroxylation sites is 1. The average Bonchev–Trinajstić information content (AvgIpc) is 3.25. The van der Waals surface area contributed by atoms with Gasteiger partial charge in [0.05, 0.1) is 24.4 Å². The Kier molecular flexibility index (Phi) is 8.11. The highest BCUT2D eigenvalue weighted by Gasteiger charge is 2.20. The number of oxazole rings is 1. The van der Waals surface area contributed by atoms with Gasteiger partial charge in [0.25, 0.3) is 0 Å². The molecule has 1 atom stereocenters. The smallest absolute Gasteiger partial charge is 0.335 e. The Hall–Kier alpha value is -3.71. The summed E-state index contributed by atoms with van der Waals surface area (Å²) in [7, 11) is 0. The molecule has 0 bridgehead atoms. The van der Waals surface area contributed by atoms with Gasteiger partial charge in [-0.3, -0.25) is 0 Å². The summed E-state index contributed by atoms with van der Waals surface area (Å²) in [6, 6.07) is 19.6. The lowest BCUT2D eigenvalue weighted by Crippen LogP contribution is -2.28. The molecule has 0 aliphatic heterocycles. The first-order valence-electron chi connectivity index (χ1n) is 11.9. The third-order valence-corrected chi connectivity index (χ3v) is 5.58. The molecule has 0 spiro atoms. The van der Waals surface area contributed by atoms with E-state index in [1.807, 2.05) is 74.5 Å². The molecule has 0 N–H and O–H groups in total. The maximum absolute atomic E-state index is 12.1. The number of hydrogen-bond acceptors (Lipinski definition) is 7. The van der Waals surface area contributed by atoms with E-state index in [4.69, 9.17) is 18.6 Å². The van der Waals surface area contributed by atoms with Crippen LogP contribution in [0.4, 0.5) is 0 Å². The molecule has 4 rings (SSSR count). The van der Waals surface area contributed by atoms with Crippen LogP contribution in [-0.2, 0) is 27.1 Å². The van der Waals surface area contributed by atoms with Crippen LogP contribution in [0.25, 0.3) is 22.5 Å². The van der Waals surface area contributed by atoms with Gasteiger partial charge in [-0.25, -0.2) is 14.8 Å². The van der Waals surface area contributed by atoms with Crippen LogP contribution in [0.3, 0.4) is 0 Å². The second-order valence-corrected chi connectivity index (χ2v) is 8.05. The van der Waals surface area contributed by atoms with Gasteiger partial charge in [-0.2, -0.15) is 0 Å². The molecule has 0 fully saturated rings. The summed E-state index contributed by atoms with van der Waals surface area (Å²) in [5.41, 5.74) is 3.44. The number of hydrogen-bond donors (Lipinski definition) is 0. The predicted octanol–water partition coefficient (Wildman–Crippen LogP) is 5.33. The van der Waals surface area contributed by atoms with E-state index in [2.05, 4.69) is 9.97 Å². The van der Waals surface area contributed by atoms with Crippen molar-refractivity contribution >= 4 is 16.9 Å². The van der Waals surface area contributed by atoms with Crippen LogP contribution in [0.15, 0.2) is 65.1 Å². The fraction of sp³-hybridized carbons (Fsp3) is 0.321. The molecule has 7 nitrogen and oxygen atoms in total. The van der Waals surface area contributed by atoms with Gasteiger partial charge in [-0.05, 0) is 50.6 Å². The van der Waals surface area contributed by atoms with Crippen LogP contribution >= 0.6 is 0 Å². The number of rotatable bonds is 11. The molecule has 0 aliphatic carbocycles. The van der Waals surface area contributed by atoms with E-state index in [0.29, 0.717) is 44.2 Å². The van der Waals surface area contributed by atoms with E-state index in [9.17, 15) is 4.79 Å². The molecule has 35 heavy (non-hydrogen) atoms.